The summed E-state index contributed by atoms with van der Waals surface area (Å²) in [7, 11) is 0. The normalized spacial score (nSPS) is 11.9. The van der Waals surface area contributed by atoms with Gasteiger partial charge in [0.15, 0.2) is 5.69 Å². The third-order valence-electron chi connectivity index (χ3n) is 3.11. The van der Waals surface area contributed by atoms with Crippen molar-refractivity contribution in [1.82, 2.24) is 15.1 Å². The minimum absolute atomic E-state index is 0.00336. The number of benzene rings is 1. The van der Waals surface area contributed by atoms with Crippen molar-refractivity contribution in [3.63, 3.8) is 0 Å². The minimum Gasteiger partial charge on any atom is -0.476 e. The van der Waals surface area contributed by atoms with Gasteiger partial charge in [-0.1, -0.05) is 37.3 Å². The first-order chi connectivity index (χ1) is 10.1. The summed E-state index contributed by atoms with van der Waals surface area (Å²) in [6.07, 6.45) is 2.25. The summed E-state index contributed by atoms with van der Waals surface area (Å²) in [4.78, 5) is 22.7. The van der Waals surface area contributed by atoms with Crippen molar-refractivity contribution in [2.24, 2.45) is 0 Å². The van der Waals surface area contributed by atoms with E-state index in [2.05, 4.69) is 10.4 Å². The zero-order valence-electron chi connectivity index (χ0n) is 11.7. The lowest BCUT2D eigenvalue weighted by Gasteiger charge is -2.17. The van der Waals surface area contributed by atoms with Crippen LogP contribution in [0, 0.1) is 0 Å². The molecule has 0 unspecified atom stereocenters. The summed E-state index contributed by atoms with van der Waals surface area (Å²) in [5.74, 6) is -1.31. The molecule has 2 rings (SSSR count). The molecule has 1 atom stereocenters. The van der Waals surface area contributed by atoms with E-state index in [1.807, 2.05) is 37.3 Å². The number of nitrogens with one attached hydrogen (secondary N) is 1. The van der Waals surface area contributed by atoms with E-state index < -0.39 is 5.97 Å². The van der Waals surface area contributed by atoms with E-state index in [0.29, 0.717) is 0 Å². The zero-order valence-corrected chi connectivity index (χ0v) is 11.7. The standard InChI is InChI=1S/C15H17N3O3/c1-2-12(11-6-4-3-5-7-11)16-14(19)10-18-9-8-13(17-18)15(20)21/h3-9,12H,2,10H2,1H3,(H,16,19)(H,20,21)/t12-/m0/s1. The van der Waals surface area contributed by atoms with Crippen LogP contribution >= 0.6 is 0 Å². The maximum Gasteiger partial charge on any atom is 0.356 e. The first kappa shape index (κ1) is 14.8. The van der Waals surface area contributed by atoms with Crippen LogP contribution in [0.5, 0.6) is 0 Å². The Kier molecular flexibility index (Phi) is 4.71. The van der Waals surface area contributed by atoms with Crippen LogP contribution in [-0.4, -0.2) is 26.8 Å². The van der Waals surface area contributed by atoms with Crippen LogP contribution in [0.2, 0.25) is 0 Å². The molecule has 0 aliphatic carbocycles. The fourth-order valence-corrected chi connectivity index (χ4v) is 2.06. The number of nitrogens with zero attached hydrogens (tertiary/aromatic N) is 2. The highest BCUT2D eigenvalue weighted by Gasteiger charge is 2.14. The topological polar surface area (TPSA) is 84.2 Å². The molecule has 1 heterocycles. The molecule has 1 amide bonds. The van der Waals surface area contributed by atoms with Crippen LogP contribution in [0.3, 0.4) is 0 Å². The number of aromatic nitrogens is 2. The predicted octanol–water partition coefficient (Wildman–Crippen LogP) is 1.85. The molecule has 0 saturated heterocycles. The fraction of sp³-hybridized carbons (Fsp3) is 0.267. The molecule has 0 fully saturated rings. The number of hydrogen-bond acceptors (Lipinski definition) is 3. The van der Waals surface area contributed by atoms with Gasteiger partial charge in [-0.25, -0.2) is 4.79 Å². The van der Waals surface area contributed by atoms with Gasteiger partial charge in [0.2, 0.25) is 5.91 Å². The van der Waals surface area contributed by atoms with E-state index in [4.69, 9.17) is 5.11 Å². The van der Waals surface area contributed by atoms with Gasteiger partial charge >= 0.3 is 5.97 Å². The molecule has 1 aromatic heterocycles. The van der Waals surface area contributed by atoms with Gasteiger partial charge in [-0.3, -0.25) is 9.48 Å². The lowest BCUT2D eigenvalue weighted by molar-refractivity contribution is -0.122. The van der Waals surface area contributed by atoms with Crippen LogP contribution in [0.4, 0.5) is 0 Å². The van der Waals surface area contributed by atoms with Crippen molar-refractivity contribution in [3.05, 3.63) is 53.9 Å². The Morgan fingerprint density at radius 1 is 1.29 bits per heavy atom. The molecule has 0 aliphatic heterocycles. The third kappa shape index (κ3) is 3.92. The van der Waals surface area contributed by atoms with Crippen LogP contribution in [0.15, 0.2) is 42.6 Å². The van der Waals surface area contributed by atoms with Crippen molar-refractivity contribution >= 4 is 11.9 Å². The second kappa shape index (κ2) is 6.69. The number of carbonyl (C=O) groups excluding carboxylic acids is 1. The van der Waals surface area contributed by atoms with Gasteiger partial charge in [-0.2, -0.15) is 5.10 Å². The maximum atomic E-state index is 12.0. The Morgan fingerprint density at radius 2 is 2.00 bits per heavy atom. The van der Waals surface area contributed by atoms with Crippen LogP contribution in [0.1, 0.15) is 35.4 Å². The first-order valence-corrected chi connectivity index (χ1v) is 6.71. The summed E-state index contributed by atoms with van der Waals surface area (Å²) in [6, 6.07) is 11.0. The molecular weight excluding hydrogens is 270 g/mol. The van der Waals surface area contributed by atoms with E-state index in [0.717, 1.165) is 12.0 Å². The smallest absolute Gasteiger partial charge is 0.356 e. The number of rotatable bonds is 6. The quantitative estimate of drug-likeness (QED) is 0.849. The number of carboxylic acid groups (broad SMARTS) is 1. The molecule has 0 aliphatic rings. The van der Waals surface area contributed by atoms with Crippen molar-refractivity contribution in [1.29, 1.82) is 0 Å². The number of amides is 1. The maximum absolute atomic E-state index is 12.0. The van der Waals surface area contributed by atoms with Gasteiger partial charge in [0.05, 0.1) is 6.04 Å². The Labute approximate surface area is 122 Å². The SMILES string of the molecule is CC[C@H](NC(=O)Cn1ccc(C(=O)O)n1)c1ccccc1. The molecule has 0 bridgehead atoms. The Hall–Kier alpha value is -2.63. The van der Waals surface area contributed by atoms with Gasteiger partial charge in [-0.05, 0) is 18.1 Å². The molecule has 2 N–H and O–H groups in total. The number of carboxylic acids is 1. The molecule has 21 heavy (non-hydrogen) atoms. The Balaban J connectivity index is 1.98. The molecule has 0 spiro atoms. The summed E-state index contributed by atoms with van der Waals surface area (Å²) in [6.45, 7) is 1.99. The van der Waals surface area contributed by atoms with Gasteiger partial charge in [0, 0.05) is 6.20 Å². The van der Waals surface area contributed by atoms with E-state index in [1.54, 1.807) is 0 Å². The summed E-state index contributed by atoms with van der Waals surface area (Å²) >= 11 is 0. The van der Waals surface area contributed by atoms with Gasteiger partial charge in [0.1, 0.15) is 6.54 Å². The molecular formula is C15H17N3O3. The van der Waals surface area contributed by atoms with Gasteiger partial charge < -0.3 is 10.4 Å². The van der Waals surface area contributed by atoms with Crippen molar-refractivity contribution in [2.45, 2.75) is 25.9 Å². The van der Waals surface area contributed by atoms with E-state index >= 15 is 0 Å². The summed E-state index contributed by atoms with van der Waals surface area (Å²) in [5, 5.41) is 15.5. The molecule has 2 aromatic rings. The average molecular weight is 287 g/mol. The number of carbonyl (C=O) groups is 2. The highest BCUT2D eigenvalue weighted by Crippen LogP contribution is 2.15. The van der Waals surface area contributed by atoms with E-state index in [-0.39, 0.29) is 24.2 Å². The van der Waals surface area contributed by atoms with Crippen LogP contribution in [-0.2, 0) is 11.3 Å². The lowest BCUT2D eigenvalue weighted by atomic mass is 10.0. The highest BCUT2D eigenvalue weighted by molar-refractivity contribution is 5.85. The molecule has 110 valence electrons. The summed E-state index contributed by atoms with van der Waals surface area (Å²) in [5.41, 5.74) is 0.970. The van der Waals surface area contributed by atoms with Crippen molar-refractivity contribution in [2.75, 3.05) is 0 Å². The zero-order chi connectivity index (χ0) is 15.2. The molecule has 6 nitrogen and oxygen atoms in total. The Bertz CT molecular complexity index is 622. The monoisotopic (exact) mass is 287 g/mol. The second-order valence-corrected chi connectivity index (χ2v) is 4.64. The van der Waals surface area contributed by atoms with Crippen LogP contribution in [0.25, 0.3) is 0 Å². The third-order valence-corrected chi connectivity index (χ3v) is 3.11. The number of hydrogen-bond donors (Lipinski definition) is 2. The lowest BCUT2D eigenvalue weighted by Crippen LogP contribution is -2.31. The van der Waals surface area contributed by atoms with Crippen molar-refractivity contribution < 1.29 is 14.7 Å². The van der Waals surface area contributed by atoms with Gasteiger partial charge in [-0.15, -0.1) is 0 Å². The van der Waals surface area contributed by atoms with Crippen LogP contribution < -0.4 is 5.32 Å². The van der Waals surface area contributed by atoms with E-state index in [9.17, 15) is 9.59 Å². The minimum atomic E-state index is -1.11. The largest absolute Gasteiger partial charge is 0.476 e. The average Bonchev–Trinajstić information content (AvgIpc) is 2.94. The number of aromatic carboxylic acids is 1. The Morgan fingerprint density at radius 3 is 2.57 bits per heavy atom. The fourth-order valence-electron chi connectivity index (χ4n) is 2.06. The molecule has 6 heteroatoms. The molecule has 0 saturated carbocycles. The van der Waals surface area contributed by atoms with E-state index in [1.165, 1.54) is 16.9 Å². The summed E-state index contributed by atoms with van der Waals surface area (Å²) < 4.78 is 1.32. The first-order valence-electron chi connectivity index (χ1n) is 6.71. The molecule has 1 aromatic carbocycles. The van der Waals surface area contributed by atoms with Gasteiger partial charge in [0.25, 0.3) is 0 Å². The predicted molar refractivity (Wildman–Crippen MR) is 76.8 cm³/mol. The highest BCUT2D eigenvalue weighted by atomic mass is 16.4. The second-order valence-electron chi connectivity index (χ2n) is 4.64. The molecule has 0 radical (unpaired) electrons. The van der Waals surface area contributed by atoms with Crippen molar-refractivity contribution in [3.8, 4) is 0 Å².